The molecule has 1 aliphatic rings. The van der Waals surface area contributed by atoms with Crippen LogP contribution < -0.4 is 5.32 Å². The lowest BCUT2D eigenvalue weighted by molar-refractivity contribution is 0.218. The summed E-state index contributed by atoms with van der Waals surface area (Å²) in [5, 5.41) is 7.82. The predicted molar refractivity (Wildman–Crippen MR) is 57.0 cm³/mol. The van der Waals surface area contributed by atoms with E-state index in [2.05, 4.69) is 24.3 Å². The Balaban J connectivity index is 1.71. The zero-order chi connectivity index (χ0) is 9.97. The van der Waals surface area contributed by atoms with Gasteiger partial charge in [-0.15, -0.1) is 0 Å². The maximum absolute atomic E-state index is 4.20. The smallest absolute Gasteiger partial charge is 0.0560 e. The average Bonchev–Trinajstić information content (AvgIpc) is 2.54. The molecule has 1 saturated carbocycles. The van der Waals surface area contributed by atoms with Crippen LogP contribution in [0, 0.1) is 5.92 Å². The fourth-order valence-electron chi connectivity index (χ4n) is 2.18. The Bertz CT molecular complexity index is 262. The molecule has 1 aromatic rings. The van der Waals surface area contributed by atoms with Crippen molar-refractivity contribution in [2.24, 2.45) is 5.92 Å². The fourth-order valence-corrected chi connectivity index (χ4v) is 2.18. The maximum Gasteiger partial charge on any atom is 0.0560 e. The van der Waals surface area contributed by atoms with Crippen molar-refractivity contribution in [2.75, 3.05) is 0 Å². The van der Waals surface area contributed by atoms with E-state index in [1.807, 2.05) is 23.1 Å². The monoisotopic (exact) mass is 193 g/mol. The van der Waals surface area contributed by atoms with Crippen molar-refractivity contribution in [1.29, 1.82) is 0 Å². The molecule has 0 radical (unpaired) electrons. The largest absolute Gasteiger partial charge is 0.310 e. The average molecular weight is 193 g/mol. The van der Waals surface area contributed by atoms with Crippen LogP contribution in [0.2, 0.25) is 0 Å². The highest BCUT2D eigenvalue weighted by Gasteiger charge is 2.25. The Morgan fingerprint density at radius 2 is 2.36 bits per heavy atom. The molecule has 0 saturated heterocycles. The molecular formula is C11H19N3. The second-order valence-corrected chi connectivity index (χ2v) is 4.57. The summed E-state index contributed by atoms with van der Waals surface area (Å²) in [5.41, 5.74) is 0. The first-order chi connectivity index (χ1) is 6.74. The van der Waals surface area contributed by atoms with Gasteiger partial charge < -0.3 is 5.32 Å². The van der Waals surface area contributed by atoms with Gasteiger partial charge in [-0.05, 0) is 31.7 Å². The van der Waals surface area contributed by atoms with Crippen molar-refractivity contribution in [3.05, 3.63) is 18.5 Å². The van der Waals surface area contributed by atoms with Gasteiger partial charge in [0.15, 0.2) is 0 Å². The fraction of sp³-hybridized carbons (Fsp3) is 0.727. The van der Waals surface area contributed by atoms with Crippen molar-refractivity contribution in [3.63, 3.8) is 0 Å². The van der Waals surface area contributed by atoms with Gasteiger partial charge in [0.05, 0.1) is 6.54 Å². The Morgan fingerprint density at radius 1 is 1.57 bits per heavy atom. The summed E-state index contributed by atoms with van der Waals surface area (Å²) in [5.74, 6) is 0.921. The van der Waals surface area contributed by atoms with Crippen LogP contribution in [-0.2, 0) is 6.54 Å². The standard InChI is InChI=1S/C11H19N3/c1-9-6-11(7-9)13-10(2)8-14-5-3-4-12-14/h3-5,9-11,13H,6-8H2,1-2H3. The van der Waals surface area contributed by atoms with Crippen molar-refractivity contribution in [1.82, 2.24) is 15.1 Å². The number of hydrogen-bond acceptors (Lipinski definition) is 2. The van der Waals surface area contributed by atoms with Gasteiger partial charge in [-0.2, -0.15) is 5.10 Å². The second-order valence-electron chi connectivity index (χ2n) is 4.57. The van der Waals surface area contributed by atoms with Crippen LogP contribution in [0.3, 0.4) is 0 Å². The van der Waals surface area contributed by atoms with Gasteiger partial charge in [0.2, 0.25) is 0 Å². The number of rotatable bonds is 4. The Hall–Kier alpha value is -0.830. The zero-order valence-electron chi connectivity index (χ0n) is 8.98. The lowest BCUT2D eigenvalue weighted by Gasteiger charge is -2.35. The number of aromatic nitrogens is 2. The molecule has 1 N–H and O–H groups in total. The molecule has 0 bridgehead atoms. The van der Waals surface area contributed by atoms with Crippen LogP contribution >= 0.6 is 0 Å². The third-order valence-electron chi connectivity index (χ3n) is 2.91. The first-order valence-electron chi connectivity index (χ1n) is 5.47. The van der Waals surface area contributed by atoms with Crippen molar-refractivity contribution >= 4 is 0 Å². The number of hydrogen-bond donors (Lipinski definition) is 1. The molecule has 0 aromatic carbocycles. The summed E-state index contributed by atoms with van der Waals surface area (Å²) in [6, 6.07) is 3.24. The lowest BCUT2D eigenvalue weighted by Crippen LogP contribution is -2.45. The Morgan fingerprint density at radius 3 is 2.93 bits per heavy atom. The number of nitrogens with one attached hydrogen (secondary N) is 1. The van der Waals surface area contributed by atoms with E-state index in [0.29, 0.717) is 6.04 Å². The zero-order valence-corrected chi connectivity index (χ0v) is 8.98. The highest BCUT2D eigenvalue weighted by molar-refractivity contribution is 4.85. The van der Waals surface area contributed by atoms with E-state index >= 15 is 0 Å². The topological polar surface area (TPSA) is 29.9 Å². The van der Waals surface area contributed by atoms with Gasteiger partial charge in [0.25, 0.3) is 0 Å². The van der Waals surface area contributed by atoms with Crippen LogP contribution in [0.25, 0.3) is 0 Å². The summed E-state index contributed by atoms with van der Waals surface area (Å²) in [6.07, 6.45) is 6.52. The highest BCUT2D eigenvalue weighted by Crippen LogP contribution is 2.26. The van der Waals surface area contributed by atoms with E-state index in [1.54, 1.807) is 0 Å². The first-order valence-corrected chi connectivity index (χ1v) is 5.47. The van der Waals surface area contributed by atoms with E-state index in [-0.39, 0.29) is 0 Å². The minimum Gasteiger partial charge on any atom is -0.310 e. The van der Waals surface area contributed by atoms with Gasteiger partial charge in [0, 0.05) is 24.5 Å². The van der Waals surface area contributed by atoms with E-state index in [4.69, 9.17) is 0 Å². The van der Waals surface area contributed by atoms with Crippen molar-refractivity contribution in [3.8, 4) is 0 Å². The molecule has 78 valence electrons. The van der Waals surface area contributed by atoms with Gasteiger partial charge in [0.1, 0.15) is 0 Å². The van der Waals surface area contributed by atoms with Crippen LogP contribution in [0.4, 0.5) is 0 Å². The molecule has 3 heteroatoms. The number of nitrogens with zero attached hydrogens (tertiary/aromatic N) is 2. The van der Waals surface area contributed by atoms with Crippen molar-refractivity contribution < 1.29 is 0 Å². The summed E-state index contributed by atoms with van der Waals surface area (Å²) < 4.78 is 1.99. The molecule has 1 atom stereocenters. The van der Waals surface area contributed by atoms with E-state index in [1.165, 1.54) is 12.8 Å². The molecule has 0 aliphatic heterocycles. The molecular weight excluding hydrogens is 174 g/mol. The molecule has 1 aliphatic carbocycles. The molecule has 0 amide bonds. The molecule has 14 heavy (non-hydrogen) atoms. The maximum atomic E-state index is 4.20. The van der Waals surface area contributed by atoms with Gasteiger partial charge in [-0.25, -0.2) is 0 Å². The minimum absolute atomic E-state index is 0.521. The summed E-state index contributed by atoms with van der Waals surface area (Å²) >= 11 is 0. The SMILES string of the molecule is CC1CC(NC(C)Cn2cccn2)C1. The quantitative estimate of drug-likeness (QED) is 0.788. The Kier molecular flexibility index (Phi) is 2.87. The molecule has 1 fully saturated rings. The predicted octanol–water partition coefficient (Wildman–Crippen LogP) is 1.66. The van der Waals surface area contributed by atoms with E-state index in [9.17, 15) is 0 Å². The van der Waals surface area contributed by atoms with Crippen molar-refractivity contribution in [2.45, 2.75) is 45.3 Å². The van der Waals surface area contributed by atoms with Gasteiger partial charge in [-0.1, -0.05) is 6.92 Å². The third kappa shape index (κ3) is 2.35. The van der Waals surface area contributed by atoms with Crippen LogP contribution in [0.15, 0.2) is 18.5 Å². The van der Waals surface area contributed by atoms with Crippen LogP contribution in [0.5, 0.6) is 0 Å². The van der Waals surface area contributed by atoms with Crippen LogP contribution in [0.1, 0.15) is 26.7 Å². The lowest BCUT2D eigenvalue weighted by atomic mass is 9.81. The normalized spacial score (nSPS) is 28.4. The Labute approximate surface area is 85.5 Å². The van der Waals surface area contributed by atoms with E-state index < -0.39 is 0 Å². The molecule has 3 nitrogen and oxygen atoms in total. The minimum atomic E-state index is 0.521. The molecule has 2 rings (SSSR count). The van der Waals surface area contributed by atoms with Crippen LogP contribution in [-0.4, -0.2) is 21.9 Å². The highest BCUT2D eigenvalue weighted by atomic mass is 15.3. The molecule has 1 aromatic heterocycles. The summed E-state index contributed by atoms with van der Waals surface area (Å²) in [4.78, 5) is 0. The van der Waals surface area contributed by atoms with Gasteiger partial charge >= 0.3 is 0 Å². The summed E-state index contributed by atoms with van der Waals surface area (Å²) in [7, 11) is 0. The van der Waals surface area contributed by atoms with E-state index in [0.717, 1.165) is 18.5 Å². The summed E-state index contributed by atoms with van der Waals surface area (Å²) in [6.45, 7) is 5.51. The first kappa shape index (κ1) is 9.71. The second kappa shape index (κ2) is 4.13. The third-order valence-corrected chi connectivity index (χ3v) is 2.91. The molecule has 0 spiro atoms. The van der Waals surface area contributed by atoms with Gasteiger partial charge in [-0.3, -0.25) is 4.68 Å². The molecule has 1 heterocycles. The molecule has 1 unspecified atom stereocenters.